The molecule has 10 rings (SSSR count). The number of hydrogen-bond donors (Lipinski definition) is 2. The highest BCUT2D eigenvalue weighted by molar-refractivity contribution is 7.10. The maximum atomic E-state index is 14.4. The van der Waals surface area contributed by atoms with Crippen LogP contribution < -0.4 is 10.7 Å². The molecule has 4 aromatic rings. The van der Waals surface area contributed by atoms with Gasteiger partial charge in [0.1, 0.15) is 12.1 Å². The fourth-order valence-electron chi connectivity index (χ4n) is 9.92. The predicted molar refractivity (Wildman–Crippen MR) is 238 cm³/mol. The molecule has 8 bridgehead atoms. The first kappa shape index (κ1) is 42.6. The van der Waals surface area contributed by atoms with Crippen LogP contribution in [0.15, 0.2) is 35.8 Å². The monoisotopic (exact) mass is 861 g/mol. The Morgan fingerprint density at radius 3 is 2.65 bits per heavy atom. The zero-order valence-corrected chi connectivity index (χ0v) is 37.8. The van der Waals surface area contributed by atoms with Crippen molar-refractivity contribution in [3.05, 3.63) is 57.7 Å². The number of amides is 2. The van der Waals surface area contributed by atoms with Crippen LogP contribution in [0.2, 0.25) is 0 Å². The summed E-state index contributed by atoms with van der Waals surface area (Å²) in [5.74, 6) is 6.53. The molecule has 328 valence electrons. The van der Waals surface area contributed by atoms with Gasteiger partial charge in [-0.25, -0.2) is 10.4 Å². The van der Waals surface area contributed by atoms with E-state index in [0.29, 0.717) is 32.4 Å². The highest BCUT2D eigenvalue weighted by atomic mass is 32.1. The number of cyclic esters (lactones) is 1. The number of benzene rings is 1. The van der Waals surface area contributed by atoms with Gasteiger partial charge >= 0.3 is 5.97 Å². The number of carbonyl (C=O) groups excluding carboxylic acids is 3. The van der Waals surface area contributed by atoms with Crippen LogP contribution in [0.5, 0.6) is 0 Å². The second kappa shape index (κ2) is 17.1. The number of hydrogen-bond acceptors (Lipinski definition) is 11. The molecule has 4 aliphatic heterocycles. The van der Waals surface area contributed by atoms with E-state index in [0.717, 1.165) is 81.5 Å². The van der Waals surface area contributed by atoms with Crippen molar-refractivity contribution in [2.75, 3.05) is 46.6 Å². The van der Waals surface area contributed by atoms with Crippen LogP contribution in [0.1, 0.15) is 82.3 Å². The normalized spacial score (nSPS) is 27.7. The van der Waals surface area contributed by atoms with Crippen molar-refractivity contribution in [2.24, 2.45) is 29.1 Å². The largest absolute Gasteiger partial charge is 0.464 e. The summed E-state index contributed by atoms with van der Waals surface area (Å²) >= 11 is 1.49. The minimum Gasteiger partial charge on any atom is -0.464 e. The van der Waals surface area contributed by atoms with Gasteiger partial charge in [-0.2, -0.15) is 0 Å². The summed E-state index contributed by atoms with van der Waals surface area (Å²) in [6.45, 7) is 17.3. The van der Waals surface area contributed by atoms with Gasteiger partial charge in [0.25, 0.3) is 5.91 Å². The molecule has 3 aromatic heterocycles. The number of pyridine rings is 1. The van der Waals surface area contributed by atoms with Gasteiger partial charge in [-0.1, -0.05) is 45.6 Å². The average Bonchev–Trinajstić information content (AvgIpc) is 3.52. The number of ether oxygens (including phenoxy) is 3. The summed E-state index contributed by atoms with van der Waals surface area (Å²) in [6, 6.07) is 7.10. The standard InChI is InChI=1S/C48H59N7O6S/c1-8-54-39-12-11-31-21-34(39)36(44(54)35-18-30(24-49-42(35)29(4)59-7)10-9-13-53-14-16-60-17-15-53)23-48(5,6)26-61-47(58)43-32-19-33(20-32)55(52-43)46(57)37(22-40-50-38(31)25-62-40)51-45(56)41-27(2)28(41)3/h11-12,18,21,24-25,27-29,32-33,37,41,43,52H,8,13-17,19-20,22-23,26H2,1-7H3,(H,51,56). The van der Waals surface area contributed by atoms with Crippen molar-refractivity contribution in [2.45, 2.75) is 98.0 Å². The molecule has 6 aliphatic rings. The van der Waals surface area contributed by atoms with Gasteiger partial charge in [-0.15, -0.1) is 11.3 Å². The van der Waals surface area contributed by atoms with E-state index in [1.165, 1.54) is 11.3 Å². The Labute approximate surface area is 368 Å². The van der Waals surface area contributed by atoms with E-state index in [4.69, 9.17) is 24.2 Å². The Morgan fingerprint density at radius 1 is 1.15 bits per heavy atom. The lowest BCUT2D eigenvalue weighted by atomic mass is 9.73. The lowest BCUT2D eigenvalue weighted by Gasteiger charge is -2.53. The molecule has 14 heteroatoms. The number of morpholine rings is 1. The van der Waals surface area contributed by atoms with Crippen LogP contribution in [0, 0.1) is 40.9 Å². The van der Waals surface area contributed by atoms with E-state index in [1.807, 2.05) is 18.5 Å². The first-order valence-electron chi connectivity index (χ1n) is 22.3. The number of nitrogens with zero attached hydrogens (tertiary/aromatic N) is 5. The number of thiazole rings is 1. The SMILES string of the molecule is CCn1c(-c2cc(C#CCN3CCOCC3)cnc2C(C)OC)c2c3cc(ccc31)-c1csc(n1)CC(NC(=O)C1C(C)C1C)C(=O)N1NC(C(=O)OCC(C)(C)C2)C2CC1C2. The highest BCUT2D eigenvalue weighted by Gasteiger charge is 2.53. The molecule has 13 nitrogen and oxygen atoms in total. The molecule has 2 N–H and O–H groups in total. The fourth-order valence-corrected chi connectivity index (χ4v) is 10.8. The van der Waals surface area contributed by atoms with Crippen LogP contribution in [0.4, 0.5) is 0 Å². The van der Waals surface area contributed by atoms with Crippen LogP contribution >= 0.6 is 11.3 Å². The van der Waals surface area contributed by atoms with Gasteiger partial charge in [-0.3, -0.25) is 29.3 Å². The molecule has 5 fully saturated rings. The Balaban J connectivity index is 1.15. The van der Waals surface area contributed by atoms with Gasteiger partial charge in [-0.05, 0) is 74.6 Å². The van der Waals surface area contributed by atoms with Crippen LogP contribution in [-0.2, 0) is 48.0 Å². The van der Waals surface area contributed by atoms with Crippen molar-refractivity contribution in [1.29, 1.82) is 0 Å². The Hall–Kier alpha value is -4.65. The predicted octanol–water partition coefficient (Wildman–Crippen LogP) is 5.79. The molecule has 62 heavy (non-hydrogen) atoms. The van der Waals surface area contributed by atoms with E-state index in [2.05, 4.69) is 90.9 Å². The molecule has 5 atom stereocenters. The van der Waals surface area contributed by atoms with Crippen molar-refractivity contribution in [3.63, 3.8) is 0 Å². The number of aryl methyl sites for hydroxylation is 1. The van der Waals surface area contributed by atoms with Crippen LogP contribution in [-0.4, -0.2) is 107 Å². The molecule has 1 aromatic carbocycles. The van der Waals surface area contributed by atoms with Crippen molar-refractivity contribution in [3.8, 4) is 34.4 Å². The van der Waals surface area contributed by atoms with Crippen molar-refractivity contribution >= 4 is 40.0 Å². The summed E-state index contributed by atoms with van der Waals surface area (Å²) < 4.78 is 20.1. The summed E-state index contributed by atoms with van der Waals surface area (Å²) in [6.07, 6.45) is 3.79. The van der Waals surface area contributed by atoms with Crippen molar-refractivity contribution < 1.29 is 28.6 Å². The second-order valence-electron chi connectivity index (χ2n) is 18.8. The van der Waals surface area contributed by atoms with E-state index >= 15 is 0 Å². The van der Waals surface area contributed by atoms with E-state index in [-0.39, 0.29) is 66.6 Å². The second-order valence-corrected chi connectivity index (χ2v) is 19.8. The third-order valence-electron chi connectivity index (χ3n) is 14.0. The summed E-state index contributed by atoms with van der Waals surface area (Å²) in [5, 5.41) is 8.59. The Kier molecular flexibility index (Phi) is 11.8. The lowest BCUT2D eigenvalue weighted by Crippen LogP contribution is -2.71. The molecule has 7 heterocycles. The molecule has 5 unspecified atom stereocenters. The Morgan fingerprint density at radius 2 is 1.92 bits per heavy atom. The molecule has 3 saturated heterocycles. The molecule has 2 saturated carbocycles. The number of hydrazine groups is 1. The minimum absolute atomic E-state index is 0.0516. The van der Waals surface area contributed by atoms with Gasteiger partial charge in [0, 0.05) is 89.7 Å². The topological polar surface area (TPSA) is 140 Å². The summed E-state index contributed by atoms with van der Waals surface area (Å²) in [5.41, 5.74) is 10.4. The first-order valence-corrected chi connectivity index (χ1v) is 23.2. The number of fused-ring (bicyclic) bond motifs is 4. The van der Waals surface area contributed by atoms with Gasteiger partial charge < -0.3 is 24.1 Å². The van der Waals surface area contributed by atoms with Crippen molar-refractivity contribution in [1.82, 2.24) is 35.2 Å². The minimum atomic E-state index is -0.840. The number of nitrogens with one attached hydrogen (secondary N) is 2. The van der Waals surface area contributed by atoms with Gasteiger partial charge in [0.05, 0.1) is 54.6 Å². The molecular formula is C48H59N7O6S. The zero-order valence-electron chi connectivity index (χ0n) is 37.0. The lowest BCUT2D eigenvalue weighted by molar-refractivity contribution is -0.171. The van der Waals surface area contributed by atoms with Crippen LogP contribution in [0.3, 0.4) is 0 Å². The maximum absolute atomic E-state index is 14.4. The number of aromatic nitrogens is 3. The third kappa shape index (κ3) is 8.18. The zero-order chi connectivity index (χ0) is 43.4. The smallest absolute Gasteiger partial charge is 0.325 e. The molecule has 2 amide bonds. The number of methoxy groups -OCH3 is 1. The number of rotatable bonds is 7. The van der Waals surface area contributed by atoms with E-state index in [1.54, 1.807) is 12.1 Å². The van der Waals surface area contributed by atoms with Crippen LogP contribution in [0.25, 0.3) is 33.4 Å². The quantitative estimate of drug-likeness (QED) is 0.174. The molecule has 2 aliphatic carbocycles. The van der Waals surface area contributed by atoms with E-state index in [9.17, 15) is 14.4 Å². The summed E-state index contributed by atoms with van der Waals surface area (Å²) in [7, 11) is 1.71. The fraction of sp³-hybridized carbons (Fsp3) is 0.562. The third-order valence-corrected chi connectivity index (χ3v) is 14.9. The number of carbonyl (C=O) groups is 3. The highest BCUT2D eigenvalue weighted by Crippen LogP contribution is 2.46. The molecule has 0 spiro atoms. The van der Waals surface area contributed by atoms with Gasteiger partial charge in [0.2, 0.25) is 5.91 Å². The molecule has 0 radical (unpaired) electrons. The summed E-state index contributed by atoms with van der Waals surface area (Å²) in [4.78, 5) is 54.5. The average molecular weight is 862 g/mol. The maximum Gasteiger partial charge on any atom is 0.325 e. The van der Waals surface area contributed by atoms with Gasteiger partial charge in [0.15, 0.2) is 0 Å². The first-order chi connectivity index (χ1) is 29.8. The van der Waals surface area contributed by atoms with E-state index < -0.39 is 17.5 Å². The Bertz CT molecular complexity index is 2430. The number of esters is 1. The molecular weight excluding hydrogens is 803 g/mol.